The third kappa shape index (κ3) is 3.87. The highest BCUT2D eigenvalue weighted by molar-refractivity contribution is 8.00. The smallest absolute Gasteiger partial charge is 0.318 e. The first kappa shape index (κ1) is 20.6. The molecule has 0 radical (unpaired) electrons. The molecule has 3 N–H and O–H groups in total. The van der Waals surface area contributed by atoms with E-state index in [9.17, 15) is 14.4 Å². The molecule has 1 atom stereocenters. The first-order valence-electron chi connectivity index (χ1n) is 9.76. The van der Waals surface area contributed by atoms with Gasteiger partial charge < -0.3 is 5.73 Å². The number of primary amides is 1. The van der Waals surface area contributed by atoms with Crippen LogP contribution in [0.25, 0.3) is 15.9 Å². The zero-order chi connectivity index (χ0) is 21.4. The van der Waals surface area contributed by atoms with E-state index in [0.29, 0.717) is 21.1 Å². The number of thioether (sulfide) groups is 1. The zero-order valence-electron chi connectivity index (χ0n) is 16.7. The molecule has 9 heteroatoms. The normalized spacial score (nSPS) is 14.3. The molecule has 0 bridgehead atoms. The van der Waals surface area contributed by atoms with Gasteiger partial charge in [-0.15, -0.1) is 11.3 Å². The minimum Gasteiger partial charge on any atom is -0.351 e. The fourth-order valence-corrected chi connectivity index (χ4v) is 5.85. The highest BCUT2D eigenvalue weighted by atomic mass is 32.2. The van der Waals surface area contributed by atoms with Crippen LogP contribution in [0.3, 0.4) is 0 Å². The molecule has 0 spiro atoms. The van der Waals surface area contributed by atoms with E-state index in [1.54, 1.807) is 22.8 Å². The summed E-state index contributed by atoms with van der Waals surface area (Å²) in [7, 11) is 0. The fourth-order valence-electron chi connectivity index (χ4n) is 3.62. The second-order valence-corrected chi connectivity index (χ2v) is 9.77. The van der Waals surface area contributed by atoms with Crippen LogP contribution in [0.4, 0.5) is 4.79 Å². The van der Waals surface area contributed by atoms with E-state index < -0.39 is 17.2 Å². The van der Waals surface area contributed by atoms with Crippen molar-refractivity contribution >= 4 is 45.3 Å². The molecule has 0 saturated heterocycles. The van der Waals surface area contributed by atoms with Crippen LogP contribution in [-0.2, 0) is 17.6 Å². The Kier molecular flexibility index (Phi) is 5.66. The largest absolute Gasteiger partial charge is 0.351 e. The number of carbonyl (C=O) groups excluding carboxylic acids is 2. The van der Waals surface area contributed by atoms with Crippen LogP contribution in [0, 0.1) is 6.92 Å². The molecule has 7 nitrogen and oxygen atoms in total. The summed E-state index contributed by atoms with van der Waals surface area (Å²) in [6.45, 7) is 3.63. The Hall–Kier alpha value is -2.65. The molecule has 1 aliphatic carbocycles. The highest BCUT2D eigenvalue weighted by Crippen LogP contribution is 2.35. The molecular formula is C21H22N4O3S2. The maximum absolute atomic E-state index is 13.6. The average molecular weight is 443 g/mol. The fraction of sp³-hybridized carbons (Fsp3) is 0.333. The Bertz CT molecular complexity index is 1200. The van der Waals surface area contributed by atoms with E-state index in [1.807, 2.05) is 31.2 Å². The standard InChI is InChI=1S/C21H22N4O3S2/c1-11-7-9-13(10-8-11)25-19(27)16-14-5-3-4-6-15(14)30-18(16)24-21(25)29-12(2)17(26)23-20(22)28/h7-10,12H,3-6H2,1-2H3,(H3,22,23,26,28). The zero-order valence-corrected chi connectivity index (χ0v) is 18.4. The Labute approximate surface area is 181 Å². The summed E-state index contributed by atoms with van der Waals surface area (Å²) in [5, 5.41) is 2.54. The van der Waals surface area contributed by atoms with Crippen molar-refractivity contribution in [2.24, 2.45) is 5.73 Å². The summed E-state index contributed by atoms with van der Waals surface area (Å²) in [4.78, 5) is 43.6. The number of carbonyl (C=O) groups is 2. The Balaban J connectivity index is 1.88. The Morgan fingerprint density at radius 3 is 2.63 bits per heavy atom. The number of imide groups is 1. The molecular weight excluding hydrogens is 420 g/mol. The van der Waals surface area contributed by atoms with Gasteiger partial charge in [0.25, 0.3) is 5.56 Å². The second kappa shape index (κ2) is 8.23. The molecule has 30 heavy (non-hydrogen) atoms. The summed E-state index contributed by atoms with van der Waals surface area (Å²) in [5.41, 5.74) is 7.84. The molecule has 2 aromatic heterocycles. The van der Waals surface area contributed by atoms with Gasteiger partial charge >= 0.3 is 6.03 Å². The molecule has 1 aliphatic rings. The van der Waals surface area contributed by atoms with E-state index in [-0.39, 0.29) is 5.56 Å². The van der Waals surface area contributed by atoms with Crippen molar-refractivity contribution in [2.45, 2.75) is 49.9 Å². The number of aryl methyl sites for hydroxylation is 3. The Morgan fingerprint density at radius 1 is 1.23 bits per heavy atom. The van der Waals surface area contributed by atoms with Gasteiger partial charge in [-0.25, -0.2) is 9.78 Å². The molecule has 1 unspecified atom stereocenters. The number of amides is 3. The van der Waals surface area contributed by atoms with Crippen LogP contribution in [0.5, 0.6) is 0 Å². The van der Waals surface area contributed by atoms with Gasteiger partial charge in [0.15, 0.2) is 5.16 Å². The van der Waals surface area contributed by atoms with Gasteiger partial charge in [0.05, 0.1) is 16.3 Å². The highest BCUT2D eigenvalue weighted by Gasteiger charge is 2.25. The van der Waals surface area contributed by atoms with Gasteiger partial charge in [0.1, 0.15) is 4.83 Å². The van der Waals surface area contributed by atoms with Crippen molar-refractivity contribution in [3.05, 3.63) is 50.6 Å². The molecule has 156 valence electrons. The van der Waals surface area contributed by atoms with E-state index in [4.69, 9.17) is 10.7 Å². The average Bonchev–Trinajstić information content (AvgIpc) is 3.07. The lowest BCUT2D eigenvalue weighted by Crippen LogP contribution is -2.39. The number of urea groups is 1. The number of thiophene rings is 1. The van der Waals surface area contributed by atoms with Gasteiger partial charge in [-0.2, -0.15) is 0 Å². The Morgan fingerprint density at radius 2 is 1.93 bits per heavy atom. The van der Waals surface area contributed by atoms with Crippen LogP contribution in [0.2, 0.25) is 0 Å². The third-order valence-electron chi connectivity index (χ3n) is 5.15. The number of aromatic nitrogens is 2. The summed E-state index contributed by atoms with van der Waals surface area (Å²) in [6.07, 6.45) is 4.06. The summed E-state index contributed by atoms with van der Waals surface area (Å²) in [5.74, 6) is -0.525. The summed E-state index contributed by atoms with van der Waals surface area (Å²) < 4.78 is 1.57. The molecule has 0 aliphatic heterocycles. The van der Waals surface area contributed by atoms with Crippen molar-refractivity contribution in [1.29, 1.82) is 0 Å². The third-order valence-corrected chi connectivity index (χ3v) is 7.39. The molecule has 0 saturated carbocycles. The van der Waals surface area contributed by atoms with Crippen LogP contribution in [0.1, 0.15) is 35.8 Å². The molecule has 3 amide bonds. The molecule has 0 fully saturated rings. The van der Waals surface area contributed by atoms with Crippen LogP contribution in [-0.4, -0.2) is 26.7 Å². The van der Waals surface area contributed by atoms with Crippen molar-refractivity contribution in [3.8, 4) is 5.69 Å². The minimum absolute atomic E-state index is 0.117. The number of fused-ring (bicyclic) bond motifs is 3. The molecule has 2 heterocycles. The van der Waals surface area contributed by atoms with Crippen molar-refractivity contribution in [1.82, 2.24) is 14.9 Å². The quantitative estimate of drug-likeness (QED) is 0.476. The maximum Gasteiger partial charge on any atom is 0.318 e. The van der Waals surface area contributed by atoms with Gasteiger partial charge in [0.2, 0.25) is 5.91 Å². The monoisotopic (exact) mass is 442 g/mol. The van der Waals surface area contributed by atoms with Gasteiger partial charge in [-0.3, -0.25) is 19.5 Å². The van der Waals surface area contributed by atoms with Crippen molar-refractivity contribution in [2.75, 3.05) is 0 Å². The number of hydrogen-bond donors (Lipinski definition) is 2. The van der Waals surface area contributed by atoms with E-state index >= 15 is 0 Å². The number of nitrogens with zero attached hydrogens (tertiary/aromatic N) is 2. The first-order valence-corrected chi connectivity index (χ1v) is 11.5. The number of hydrogen-bond acceptors (Lipinski definition) is 6. The summed E-state index contributed by atoms with van der Waals surface area (Å²) >= 11 is 2.70. The minimum atomic E-state index is -0.905. The number of benzene rings is 1. The van der Waals surface area contributed by atoms with Gasteiger partial charge in [-0.05, 0) is 57.2 Å². The van der Waals surface area contributed by atoms with Crippen molar-refractivity contribution in [3.63, 3.8) is 0 Å². The number of rotatable bonds is 4. The predicted octanol–water partition coefficient (Wildman–Crippen LogP) is 3.31. The molecule has 3 aromatic rings. The van der Waals surface area contributed by atoms with Gasteiger partial charge in [0, 0.05) is 4.88 Å². The van der Waals surface area contributed by atoms with E-state index in [0.717, 1.165) is 48.6 Å². The van der Waals surface area contributed by atoms with E-state index in [1.165, 1.54) is 4.88 Å². The lowest BCUT2D eigenvalue weighted by atomic mass is 9.97. The second-order valence-electron chi connectivity index (χ2n) is 7.38. The molecule has 1 aromatic carbocycles. The maximum atomic E-state index is 13.6. The first-order chi connectivity index (χ1) is 14.3. The lowest BCUT2D eigenvalue weighted by Gasteiger charge is -2.16. The van der Waals surface area contributed by atoms with Crippen LogP contribution >= 0.6 is 23.1 Å². The predicted molar refractivity (Wildman–Crippen MR) is 120 cm³/mol. The van der Waals surface area contributed by atoms with E-state index in [2.05, 4.69) is 5.32 Å². The van der Waals surface area contributed by atoms with Crippen LogP contribution < -0.4 is 16.6 Å². The molecule has 4 rings (SSSR count). The lowest BCUT2D eigenvalue weighted by molar-refractivity contribution is -0.119. The van der Waals surface area contributed by atoms with Crippen molar-refractivity contribution < 1.29 is 9.59 Å². The van der Waals surface area contributed by atoms with Gasteiger partial charge in [-0.1, -0.05) is 29.5 Å². The van der Waals surface area contributed by atoms with Crippen LogP contribution in [0.15, 0.2) is 34.2 Å². The topological polar surface area (TPSA) is 107 Å². The number of nitrogens with two attached hydrogens (primary N) is 1. The summed E-state index contributed by atoms with van der Waals surface area (Å²) in [6, 6.07) is 6.72. The number of nitrogens with one attached hydrogen (secondary N) is 1. The SMILES string of the molecule is Cc1ccc(-n2c(SC(C)C(=O)NC(N)=O)nc3sc4c(c3c2=O)CCCC4)cc1.